The maximum absolute atomic E-state index is 12.9. The van der Waals surface area contributed by atoms with Crippen LogP contribution in [0.25, 0.3) is 0 Å². The van der Waals surface area contributed by atoms with Gasteiger partial charge in [0, 0.05) is 29.8 Å². The number of carboxylic acid groups (broad SMARTS) is 2. The number of aromatic nitrogens is 5. The molecule has 4 rings (SSSR count). The molecule has 12 nitrogen and oxygen atoms in total. The molecule has 1 amide bonds. The molecular weight excluding hydrogens is 490 g/mol. The molecule has 0 aromatic carbocycles. The van der Waals surface area contributed by atoms with Crippen LogP contribution in [-0.4, -0.2) is 86.0 Å². The van der Waals surface area contributed by atoms with Gasteiger partial charge < -0.3 is 15.5 Å². The lowest BCUT2D eigenvalue weighted by atomic mass is 10.00. The smallest absolute Gasteiger partial charge is 0.352 e. The number of carbonyl (C=O) groups excluding carboxylic acids is 1. The summed E-state index contributed by atoms with van der Waals surface area (Å²) in [4.78, 5) is 42.1. The molecule has 15 heteroatoms. The van der Waals surface area contributed by atoms with Crippen LogP contribution in [0.15, 0.2) is 41.0 Å². The summed E-state index contributed by atoms with van der Waals surface area (Å²) in [6, 6.07) is 2.97. The van der Waals surface area contributed by atoms with E-state index < -0.39 is 34.5 Å². The maximum Gasteiger partial charge on any atom is 0.352 e. The lowest BCUT2D eigenvalue weighted by Crippen LogP contribution is -2.70. The summed E-state index contributed by atoms with van der Waals surface area (Å²) in [5, 5.41) is 34.5. The highest BCUT2D eigenvalue weighted by molar-refractivity contribution is 8.01. The van der Waals surface area contributed by atoms with Gasteiger partial charge >= 0.3 is 11.9 Å². The molecule has 2 aliphatic rings. The zero-order valence-electron chi connectivity index (χ0n) is 16.7. The minimum absolute atomic E-state index is 0.182. The molecular formula is C18H17N7O5S3. The molecule has 2 aliphatic heterocycles. The zero-order chi connectivity index (χ0) is 23.5. The second kappa shape index (κ2) is 9.84. The van der Waals surface area contributed by atoms with Gasteiger partial charge in [-0.15, -0.1) is 22.0 Å². The van der Waals surface area contributed by atoms with Crippen molar-refractivity contribution in [3.05, 3.63) is 41.4 Å². The normalized spacial score (nSPS) is 20.6. The second-order valence-corrected chi connectivity index (χ2v) is 9.83. The minimum Gasteiger partial charge on any atom is -0.481 e. The minimum atomic E-state index is -1.30. The van der Waals surface area contributed by atoms with Gasteiger partial charge in [-0.1, -0.05) is 24.0 Å². The van der Waals surface area contributed by atoms with Gasteiger partial charge in [0.2, 0.25) is 5.16 Å². The van der Waals surface area contributed by atoms with Gasteiger partial charge in [0.1, 0.15) is 17.1 Å². The molecule has 0 spiro atoms. The van der Waals surface area contributed by atoms with Crippen molar-refractivity contribution in [2.75, 3.05) is 5.75 Å². The lowest BCUT2D eigenvalue weighted by molar-refractivity contribution is -0.148. The number of thiocarbonyl (C=S) groups is 1. The molecule has 0 aliphatic carbocycles. The fourth-order valence-electron chi connectivity index (χ4n) is 3.52. The van der Waals surface area contributed by atoms with Crippen molar-refractivity contribution in [2.45, 2.75) is 34.7 Å². The SMILES string of the molecule is O=C(O)CC(Sc1nn[nH]n1)C1=C(C(=O)O)N2C(=O)C(NC(=S)Cc3ccncc3)[C@@H]2SC1. The van der Waals surface area contributed by atoms with Crippen LogP contribution >= 0.6 is 35.7 Å². The Kier molecular flexibility index (Phi) is 6.90. The maximum atomic E-state index is 12.9. The number of carbonyl (C=O) groups is 3. The molecule has 0 radical (unpaired) electrons. The molecule has 4 N–H and O–H groups in total. The van der Waals surface area contributed by atoms with E-state index in [9.17, 15) is 24.6 Å². The van der Waals surface area contributed by atoms with Crippen LogP contribution in [0.2, 0.25) is 0 Å². The number of carboxylic acids is 2. The van der Waals surface area contributed by atoms with E-state index in [1.165, 1.54) is 16.7 Å². The molecule has 2 aromatic heterocycles. The van der Waals surface area contributed by atoms with Gasteiger partial charge in [0.15, 0.2) is 0 Å². The largest absolute Gasteiger partial charge is 0.481 e. The average Bonchev–Trinajstić information content (AvgIpc) is 3.29. The number of thioether (sulfide) groups is 2. The number of rotatable bonds is 9. The van der Waals surface area contributed by atoms with Crippen molar-refractivity contribution in [3.63, 3.8) is 0 Å². The summed E-state index contributed by atoms with van der Waals surface area (Å²) in [7, 11) is 0. The Balaban J connectivity index is 1.53. The third-order valence-electron chi connectivity index (χ3n) is 4.95. The van der Waals surface area contributed by atoms with Crippen molar-refractivity contribution in [1.29, 1.82) is 0 Å². The van der Waals surface area contributed by atoms with Gasteiger partial charge in [0.05, 0.1) is 11.4 Å². The molecule has 2 unspecified atom stereocenters. The summed E-state index contributed by atoms with van der Waals surface area (Å²) in [6.07, 6.45) is 3.36. The molecule has 33 heavy (non-hydrogen) atoms. The first-order valence-corrected chi connectivity index (χ1v) is 11.9. The van der Waals surface area contributed by atoms with E-state index in [1.54, 1.807) is 12.4 Å². The number of tetrazole rings is 1. The number of aromatic amines is 1. The van der Waals surface area contributed by atoms with Crippen molar-refractivity contribution < 1.29 is 24.6 Å². The van der Waals surface area contributed by atoms with Crippen LogP contribution in [-0.2, 0) is 20.8 Å². The van der Waals surface area contributed by atoms with E-state index in [0.717, 1.165) is 17.3 Å². The highest BCUT2D eigenvalue weighted by Crippen LogP contribution is 2.44. The van der Waals surface area contributed by atoms with Crippen LogP contribution < -0.4 is 5.32 Å². The first kappa shape index (κ1) is 23.1. The number of pyridine rings is 1. The van der Waals surface area contributed by atoms with Crippen LogP contribution in [0.3, 0.4) is 0 Å². The van der Waals surface area contributed by atoms with Crippen molar-refractivity contribution in [3.8, 4) is 0 Å². The molecule has 0 bridgehead atoms. The molecule has 4 heterocycles. The van der Waals surface area contributed by atoms with E-state index in [1.807, 2.05) is 12.1 Å². The third-order valence-corrected chi connectivity index (χ3v) is 7.64. The number of aliphatic carboxylic acids is 2. The highest BCUT2D eigenvalue weighted by atomic mass is 32.2. The van der Waals surface area contributed by atoms with E-state index in [2.05, 4.69) is 30.9 Å². The predicted octanol–water partition coefficient (Wildman–Crippen LogP) is 0.312. The second-order valence-electron chi connectivity index (χ2n) is 7.06. The fourth-order valence-corrected chi connectivity index (χ4v) is 6.35. The number of H-pyrrole nitrogens is 1. The number of hydrogen-bond acceptors (Lipinski definition) is 10. The highest BCUT2D eigenvalue weighted by Gasteiger charge is 2.54. The van der Waals surface area contributed by atoms with Gasteiger partial charge in [0.25, 0.3) is 5.91 Å². The number of nitrogens with one attached hydrogen (secondary N) is 2. The van der Waals surface area contributed by atoms with Gasteiger partial charge in [-0.2, -0.15) is 5.21 Å². The van der Waals surface area contributed by atoms with E-state index in [4.69, 9.17) is 12.2 Å². The Labute approximate surface area is 200 Å². The molecule has 1 fully saturated rings. The molecule has 1 saturated heterocycles. The Morgan fingerprint density at radius 1 is 1.36 bits per heavy atom. The Morgan fingerprint density at radius 3 is 2.76 bits per heavy atom. The van der Waals surface area contributed by atoms with E-state index in [0.29, 0.717) is 17.0 Å². The van der Waals surface area contributed by atoms with Gasteiger partial charge in [-0.3, -0.25) is 19.5 Å². The number of amides is 1. The summed E-state index contributed by atoms with van der Waals surface area (Å²) in [6.45, 7) is 0. The summed E-state index contributed by atoms with van der Waals surface area (Å²) >= 11 is 7.72. The number of β-lactam (4-membered cyclic amide) rings is 1. The Hall–Kier alpha value is -3.04. The lowest BCUT2D eigenvalue weighted by Gasteiger charge is -2.50. The van der Waals surface area contributed by atoms with Crippen molar-refractivity contribution in [1.82, 2.24) is 35.8 Å². The topological polar surface area (TPSA) is 174 Å². The van der Waals surface area contributed by atoms with Gasteiger partial charge in [-0.05, 0) is 28.5 Å². The Morgan fingerprint density at radius 2 is 2.12 bits per heavy atom. The van der Waals surface area contributed by atoms with Gasteiger partial charge in [-0.25, -0.2) is 4.79 Å². The molecule has 2 aromatic rings. The number of hydrogen-bond donors (Lipinski definition) is 4. The molecule has 0 saturated carbocycles. The van der Waals surface area contributed by atoms with Crippen LogP contribution in [0.5, 0.6) is 0 Å². The zero-order valence-corrected chi connectivity index (χ0v) is 19.2. The molecule has 3 atom stereocenters. The fraction of sp³-hybridized carbons (Fsp3) is 0.333. The summed E-state index contributed by atoms with van der Waals surface area (Å²) in [5.74, 6) is -2.62. The van der Waals surface area contributed by atoms with E-state index in [-0.39, 0.29) is 23.0 Å². The van der Waals surface area contributed by atoms with Crippen LogP contribution in [0.4, 0.5) is 0 Å². The first-order valence-electron chi connectivity index (χ1n) is 9.56. The molecule has 172 valence electrons. The summed E-state index contributed by atoms with van der Waals surface area (Å²) < 4.78 is 0. The number of fused-ring (bicyclic) bond motifs is 1. The van der Waals surface area contributed by atoms with Crippen LogP contribution in [0.1, 0.15) is 12.0 Å². The average molecular weight is 508 g/mol. The quantitative estimate of drug-likeness (QED) is 0.208. The van der Waals surface area contributed by atoms with E-state index >= 15 is 0 Å². The number of nitrogens with zero attached hydrogens (tertiary/aromatic N) is 5. The first-order chi connectivity index (χ1) is 15.8. The van der Waals surface area contributed by atoms with Crippen molar-refractivity contribution in [2.24, 2.45) is 0 Å². The third kappa shape index (κ3) is 4.99. The predicted molar refractivity (Wildman–Crippen MR) is 121 cm³/mol. The standard InChI is InChI=1S/C18H17N7O5S3/c26-12(27)6-10(33-18-21-23-24-22-18)9-7-32-16-13(15(28)25(16)14(9)17(29)30)20-11(31)5-8-1-3-19-4-2-8/h1-4,10,13,16H,5-7H2,(H,20,31)(H,26,27)(H,29,30)(H,21,22,23,24)/t10?,13?,16-/m0/s1. The van der Waals surface area contributed by atoms with Crippen molar-refractivity contribution >= 4 is 58.6 Å². The summed E-state index contributed by atoms with van der Waals surface area (Å²) in [5.41, 5.74) is 1.06. The monoisotopic (exact) mass is 507 g/mol. The Bertz CT molecular complexity index is 1110. The van der Waals surface area contributed by atoms with Crippen LogP contribution in [0, 0.1) is 0 Å².